The molecule has 3 aromatic rings. The van der Waals surface area contributed by atoms with Gasteiger partial charge in [-0.3, -0.25) is 24.3 Å². The van der Waals surface area contributed by atoms with Gasteiger partial charge in [0.2, 0.25) is 0 Å². The number of cyclic esters (lactones) is 1. The molecule has 16 heteroatoms. The van der Waals surface area contributed by atoms with E-state index in [2.05, 4.69) is 14.9 Å². The highest BCUT2D eigenvalue weighted by atomic mass is 16.7. The van der Waals surface area contributed by atoms with Crippen molar-refractivity contribution in [1.29, 1.82) is 0 Å². The number of esters is 2. The van der Waals surface area contributed by atoms with Gasteiger partial charge in [0.15, 0.2) is 23.8 Å². The summed E-state index contributed by atoms with van der Waals surface area (Å²) in [5.74, 6) is -5.81. The monoisotopic (exact) mass is 944 g/mol. The van der Waals surface area contributed by atoms with Gasteiger partial charge in [-0.2, -0.15) is 0 Å². The van der Waals surface area contributed by atoms with Crippen LogP contribution in [0.25, 0.3) is 11.3 Å². The first kappa shape index (κ1) is 52.3. The first-order valence-electron chi connectivity index (χ1n) is 24.3. The van der Waals surface area contributed by atoms with Gasteiger partial charge in [-0.1, -0.05) is 45.9 Å². The largest absolute Gasteiger partial charge is 0.458 e. The standard InChI is InChI=1S/C52H73N5O11/c1-13-41-52(10)45(57(50(62)68-52)25-18-17-24-56-29-39(54-30-56)38-22-19-23-53-28-38)34(6)42(58)32(4)27-51(9,63-12)46(35(7)43(59)36(8)47(60)65-41)67-49-44(66-48(61)37-20-15-14-16-21-37)40(26-33(5)64-49)55(11)31(2)3/h14-16,19-23,28-36,40-41,44-46,49H,13,17-18,24-27H2,1-12H3/t32-,33-,34+,35+,36-,40+,41-,44-,45+,46-,49+,51-,52-/m1/s1. The summed E-state index contributed by atoms with van der Waals surface area (Å²) in [5.41, 5.74) is -0.718. The van der Waals surface area contributed by atoms with Crippen molar-refractivity contribution in [1.82, 2.24) is 24.3 Å². The number of likely N-dealkylation sites (N-methyl/N-ethyl adjacent to an activating group) is 1. The van der Waals surface area contributed by atoms with Crippen LogP contribution in [-0.4, -0.2) is 135 Å². The molecule has 0 radical (unpaired) electrons. The molecule has 372 valence electrons. The number of aromatic nitrogens is 3. The molecule has 5 heterocycles. The molecule has 3 fully saturated rings. The molecule has 0 N–H and O–H groups in total. The van der Waals surface area contributed by atoms with E-state index in [1.807, 2.05) is 70.6 Å². The molecule has 68 heavy (non-hydrogen) atoms. The lowest BCUT2D eigenvalue weighted by atomic mass is 9.73. The topological polar surface area (TPSA) is 178 Å². The summed E-state index contributed by atoms with van der Waals surface area (Å²) in [6.45, 7) is 19.0. The smallest absolute Gasteiger partial charge is 0.410 e. The Morgan fingerprint density at radius 2 is 1.66 bits per heavy atom. The molecule has 1 aromatic carbocycles. The number of benzene rings is 1. The number of hydrogen-bond acceptors (Lipinski definition) is 14. The van der Waals surface area contributed by atoms with Gasteiger partial charge < -0.3 is 37.9 Å². The number of ether oxygens (including phenoxy) is 6. The van der Waals surface area contributed by atoms with E-state index in [0.29, 0.717) is 31.4 Å². The van der Waals surface area contributed by atoms with Crippen molar-refractivity contribution >= 4 is 29.6 Å². The zero-order valence-corrected chi connectivity index (χ0v) is 42.0. The number of amides is 1. The van der Waals surface area contributed by atoms with Crippen LogP contribution in [-0.2, 0) is 49.3 Å². The first-order valence-corrected chi connectivity index (χ1v) is 24.3. The van der Waals surface area contributed by atoms with Crippen molar-refractivity contribution in [3.8, 4) is 11.3 Å². The van der Waals surface area contributed by atoms with E-state index < -0.39 is 89.3 Å². The highest BCUT2D eigenvalue weighted by molar-refractivity contribution is 6.00. The number of nitrogens with zero attached hydrogens (tertiary/aromatic N) is 5. The number of ketones is 2. The molecular weight excluding hydrogens is 871 g/mol. The number of carbonyl (C=O) groups excluding carboxylic acids is 5. The van der Waals surface area contributed by atoms with Crippen LogP contribution in [0.15, 0.2) is 67.4 Å². The third-order valence-corrected chi connectivity index (χ3v) is 14.7. The Labute approximate surface area is 401 Å². The molecule has 2 aromatic heterocycles. The van der Waals surface area contributed by atoms with Gasteiger partial charge in [-0.05, 0) is 105 Å². The lowest BCUT2D eigenvalue weighted by Crippen LogP contribution is -2.61. The average Bonchev–Trinajstić information content (AvgIpc) is 3.91. The Balaban J connectivity index is 1.31. The molecule has 3 saturated heterocycles. The second-order valence-electron chi connectivity index (χ2n) is 19.9. The Bertz CT molecular complexity index is 2210. The maximum atomic E-state index is 15.0. The first-order chi connectivity index (χ1) is 32.2. The van der Waals surface area contributed by atoms with Crippen LogP contribution in [0.1, 0.15) is 112 Å². The van der Waals surface area contributed by atoms with Crippen LogP contribution < -0.4 is 0 Å². The minimum Gasteiger partial charge on any atom is -0.458 e. The average molecular weight is 944 g/mol. The highest BCUT2D eigenvalue weighted by Crippen LogP contribution is 2.43. The van der Waals surface area contributed by atoms with Crippen LogP contribution in [0.2, 0.25) is 0 Å². The molecule has 16 nitrogen and oxygen atoms in total. The predicted molar refractivity (Wildman–Crippen MR) is 253 cm³/mol. The number of aryl methyl sites for hydroxylation is 1. The fourth-order valence-corrected chi connectivity index (χ4v) is 10.6. The van der Waals surface area contributed by atoms with Crippen molar-refractivity contribution < 1.29 is 52.4 Å². The minimum absolute atomic E-state index is 0.0585. The number of methoxy groups -OCH3 is 1. The van der Waals surface area contributed by atoms with Crippen LogP contribution in [0.5, 0.6) is 0 Å². The second-order valence-corrected chi connectivity index (χ2v) is 19.9. The van der Waals surface area contributed by atoms with E-state index in [-0.39, 0.29) is 43.4 Å². The van der Waals surface area contributed by atoms with Gasteiger partial charge in [0.25, 0.3) is 0 Å². The maximum absolute atomic E-state index is 15.0. The number of fused-ring (bicyclic) bond motifs is 1. The minimum atomic E-state index is -1.44. The lowest BCUT2D eigenvalue weighted by Gasteiger charge is -2.48. The van der Waals surface area contributed by atoms with Crippen molar-refractivity contribution in [2.24, 2.45) is 23.7 Å². The number of pyridine rings is 1. The third-order valence-electron chi connectivity index (χ3n) is 14.7. The van der Waals surface area contributed by atoms with E-state index in [1.54, 1.807) is 75.6 Å². The molecule has 3 aliphatic heterocycles. The number of Topliss-reactive ketones (excluding diaryl/α,β-unsaturated/α-hetero) is 2. The molecule has 13 atom stereocenters. The number of imidazole rings is 1. The molecule has 0 aliphatic carbocycles. The van der Waals surface area contributed by atoms with Gasteiger partial charge in [0.05, 0.1) is 47.5 Å². The summed E-state index contributed by atoms with van der Waals surface area (Å²) in [6, 6.07) is 11.4. The Hall–Kier alpha value is -5.03. The number of unbranched alkanes of at least 4 members (excludes halogenated alkanes) is 1. The number of hydrogen-bond donors (Lipinski definition) is 0. The fraction of sp³-hybridized carbons (Fsp3) is 0.635. The normalized spacial score (nSPS) is 33.0. The molecule has 0 unspecified atom stereocenters. The Morgan fingerprint density at radius 3 is 2.31 bits per heavy atom. The highest BCUT2D eigenvalue weighted by Gasteiger charge is 2.60. The van der Waals surface area contributed by atoms with E-state index >= 15 is 4.79 Å². The Morgan fingerprint density at radius 1 is 0.956 bits per heavy atom. The van der Waals surface area contributed by atoms with Crippen LogP contribution in [0, 0.1) is 23.7 Å². The molecule has 0 bridgehead atoms. The zero-order chi connectivity index (χ0) is 49.7. The zero-order valence-electron chi connectivity index (χ0n) is 42.0. The molecule has 0 saturated carbocycles. The predicted octanol–water partition coefficient (Wildman–Crippen LogP) is 7.57. The van der Waals surface area contributed by atoms with E-state index in [4.69, 9.17) is 28.4 Å². The van der Waals surface area contributed by atoms with E-state index in [1.165, 1.54) is 14.0 Å². The molecule has 1 amide bonds. The van der Waals surface area contributed by atoms with Gasteiger partial charge in [0.1, 0.15) is 17.8 Å². The van der Waals surface area contributed by atoms with Gasteiger partial charge in [-0.15, -0.1) is 0 Å². The summed E-state index contributed by atoms with van der Waals surface area (Å²) < 4.78 is 40.6. The van der Waals surface area contributed by atoms with Crippen molar-refractivity contribution in [2.75, 3.05) is 20.7 Å². The Kier molecular flexibility index (Phi) is 17.1. The fourth-order valence-electron chi connectivity index (χ4n) is 10.6. The SMILES string of the molecule is CC[C@H]1OC(=O)[C@H](C)C(=O)[C@H](C)[C@@H](O[C@@H]2O[C@H](C)C[C@H](N(C)C(C)C)[C@H]2OC(=O)c2ccccc2)[C@](C)(OC)C[C@@H](C)C(=O)[C@H](C)[C@@H]2N(CCCCn3cnc(-c4cccnc4)c3)C(=O)O[C@@]21C. The summed E-state index contributed by atoms with van der Waals surface area (Å²) in [6.07, 6.45) is 4.11. The third kappa shape index (κ3) is 11.2. The molecule has 0 spiro atoms. The summed E-state index contributed by atoms with van der Waals surface area (Å²) in [5, 5.41) is 0. The van der Waals surface area contributed by atoms with Crippen molar-refractivity contribution in [2.45, 2.75) is 168 Å². The molecule has 3 aliphatic rings. The second kappa shape index (κ2) is 22.2. The quantitative estimate of drug-likeness (QED) is 0.0669. The van der Waals surface area contributed by atoms with Crippen molar-refractivity contribution in [3.63, 3.8) is 0 Å². The van der Waals surface area contributed by atoms with Gasteiger partial charge in [0, 0.05) is 68.1 Å². The van der Waals surface area contributed by atoms with E-state index in [0.717, 1.165) is 11.3 Å². The van der Waals surface area contributed by atoms with Crippen LogP contribution in [0.4, 0.5) is 4.79 Å². The number of carbonyl (C=O) groups is 5. The van der Waals surface area contributed by atoms with Crippen LogP contribution in [0.3, 0.4) is 0 Å². The summed E-state index contributed by atoms with van der Waals surface area (Å²) >= 11 is 0. The maximum Gasteiger partial charge on any atom is 0.410 e. The van der Waals surface area contributed by atoms with Crippen LogP contribution >= 0.6 is 0 Å². The van der Waals surface area contributed by atoms with Gasteiger partial charge in [-0.25, -0.2) is 14.6 Å². The summed E-state index contributed by atoms with van der Waals surface area (Å²) in [4.78, 5) is 84.3. The number of rotatable bonds is 14. The molecule has 6 rings (SSSR count). The van der Waals surface area contributed by atoms with Gasteiger partial charge >= 0.3 is 18.0 Å². The molecular formula is C52H73N5O11. The summed E-state index contributed by atoms with van der Waals surface area (Å²) in [7, 11) is 3.46. The van der Waals surface area contributed by atoms with E-state index in [9.17, 15) is 19.2 Å². The lowest BCUT2D eigenvalue weighted by molar-refractivity contribution is -0.296. The van der Waals surface area contributed by atoms with Crippen molar-refractivity contribution in [3.05, 3.63) is 72.9 Å².